The third-order valence-corrected chi connectivity index (χ3v) is 8.70. The summed E-state index contributed by atoms with van der Waals surface area (Å²) in [6, 6.07) is 17.2. The molecule has 0 saturated carbocycles. The monoisotopic (exact) mass is 695 g/mol. The standard InChI is InChI=1S/C37H50N5O6.ClH/c1-29(43)48-28-27-47-26-25-46-22-19-42-33-14-9-7-12-31(33)37(4,5)35(42)16-10-15-34-36(2,3)30-11-6-8-13-32(30)41(34)18-21-45-24-23-44-20-17-39-40-38;/h6-16H,17-28H2,1-5H3;1H/q+1;/p-1. The van der Waals surface area contributed by atoms with E-state index in [4.69, 9.17) is 29.2 Å². The molecule has 2 aliphatic rings. The average Bonchev–Trinajstić information content (AvgIpc) is 3.41. The molecule has 0 bridgehead atoms. The van der Waals surface area contributed by atoms with Crippen LogP contribution in [0, 0.1) is 0 Å². The van der Waals surface area contributed by atoms with E-state index in [1.807, 2.05) is 0 Å². The van der Waals surface area contributed by atoms with E-state index in [1.54, 1.807) is 0 Å². The number of ether oxygens (including phenoxy) is 5. The Hall–Kier alpha value is -3.70. The van der Waals surface area contributed by atoms with Crippen molar-refractivity contribution < 1.29 is 45.5 Å². The van der Waals surface area contributed by atoms with Crippen LogP contribution < -0.4 is 17.3 Å². The average molecular weight is 696 g/mol. The van der Waals surface area contributed by atoms with E-state index in [2.05, 4.69) is 114 Å². The number of hydrogen-bond donors (Lipinski definition) is 0. The second-order valence-corrected chi connectivity index (χ2v) is 12.6. The van der Waals surface area contributed by atoms with Gasteiger partial charge in [-0.15, -0.1) is 0 Å². The molecule has 0 amide bonds. The number of fused-ring (bicyclic) bond motifs is 2. The molecule has 2 heterocycles. The quantitative estimate of drug-likeness (QED) is 0.0521. The van der Waals surface area contributed by atoms with Crippen LogP contribution in [0.5, 0.6) is 0 Å². The molecule has 12 heteroatoms. The van der Waals surface area contributed by atoms with Crippen LogP contribution in [-0.4, -0.2) is 95.4 Å². The smallest absolute Gasteiger partial charge is 0.302 e. The number of azide groups is 1. The maximum atomic E-state index is 10.9. The molecule has 2 aromatic rings. The summed E-state index contributed by atoms with van der Waals surface area (Å²) >= 11 is 0. The highest BCUT2D eigenvalue weighted by Gasteiger charge is 2.44. The first-order chi connectivity index (χ1) is 23.2. The number of rotatable bonds is 20. The lowest BCUT2D eigenvalue weighted by Crippen LogP contribution is -3.00. The van der Waals surface area contributed by atoms with Crippen molar-refractivity contribution in [2.45, 2.75) is 45.4 Å². The molecule has 266 valence electrons. The first kappa shape index (κ1) is 39.7. The van der Waals surface area contributed by atoms with Crippen LogP contribution >= 0.6 is 0 Å². The lowest BCUT2D eigenvalue weighted by atomic mass is 9.81. The molecule has 0 atom stereocenters. The third kappa shape index (κ3) is 10.4. The van der Waals surface area contributed by atoms with Crippen molar-refractivity contribution in [3.8, 4) is 0 Å². The third-order valence-electron chi connectivity index (χ3n) is 8.70. The minimum atomic E-state index is -0.306. The zero-order valence-electron chi connectivity index (χ0n) is 29.4. The second kappa shape index (κ2) is 19.5. The van der Waals surface area contributed by atoms with Crippen LogP contribution in [-0.2, 0) is 39.3 Å². The maximum Gasteiger partial charge on any atom is 0.302 e. The Morgan fingerprint density at radius 1 is 0.837 bits per heavy atom. The Morgan fingerprint density at radius 2 is 1.45 bits per heavy atom. The Balaban J connectivity index is 0.00000650. The minimum Gasteiger partial charge on any atom is -1.00 e. The predicted octanol–water partition coefficient (Wildman–Crippen LogP) is 3.24. The number of allylic oxidation sites excluding steroid dienone is 4. The SMILES string of the molecule is CC(=O)OCCOCCOCCN1C(=CC=CC2=[N+](CCOCCOCCN=[N+]=[N-])c3ccccc3C2(C)C)C(C)(C)c2ccccc21.[Cl-]. The summed E-state index contributed by atoms with van der Waals surface area (Å²) in [6.45, 7) is 16.2. The van der Waals surface area contributed by atoms with E-state index >= 15 is 0 Å². The fourth-order valence-electron chi connectivity index (χ4n) is 6.34. The first-order valence-electron chi connectivity index (χ1n) is 16.6. The molecule has 0 aromatic heterocycles. The number of carbonyl (C=O) groups excluding carboxylic acids is 1. The van der Waals surface area contributed by atoms with Gasteiger partial charge in [-0.25, -0.2) is 0 Å². The summed E-state index contributed by atoms with van der Waals surface area (Å²) in [4.78, 5) is 16.0. The van der Waals surface area contributed by atoms with Gasteiger partial charge in [-0.1, -0.05) is 61.4 Å². The highest BCUT2D eigenvalue weighted by atomic mass is 35.5. The van der Waals surface area contributed by atoms with Crippen molar-refractivity contribution >= 4 is 23.1 Å². The summed E-state index contributed by atoms with van der Waals surface area (Å²) in [7, 11) is 0. The zero-order chi connectivity index (χ0) is 34.4. The molecule has 0 radical (unpaired) electrons. The van der Waals surface area contributed by atoms with Crippen molar-refractivity contribution in [1.29, 1.82) is 0 Å². The van der Waals surface area contributed by atoms with Crippen LogP contribution in [0.3, 0.4) is 0 Å². The number of halogens is 1. The number of para-hydroxylation sites is 2. The number of esters is 1. The van der Waals surface area contributed by atoms with Gasteiger partial charge >= 0.3 is 5.97 Å². The van der Waals surface area contributed by atoms with E-state index in [0.29, 0.717) is 72.5 Å². The zero-order valence-corrected chi connectivity index (χ0v) is 30.2. The van der Waals surface area contributed by atoms with E-state index in [-0.39, 0.29) is 35.8 Å². The van der Waals surface area contributed by atoms with Gasteiger partial charge in [0.05, 0.1) is 51.7 Å². The molecule has 0 aliphatic carbocycles. The van der Waals surface area contributed by atoms with Gasteiger partial charge < -0.3 is 41.0 Å². The summed E-state index contributed by atoms with van der Waals surface area (Å²) in [5.41, 5.74) is 15.4. The molecule has 0 fully saturated rings. The van der Waals surface area contributed by atoms with Gasteiger partial charge in [0.1, 0.15) is 13.2 Å². The van der Waals surface area contributed by atoms with Crippen LogP contribution in [0.2, 0.25) is 0 Å². The van der Waals surface area contributed by atoms with Crippen LogP contribution in [0.4, 0.5) is 11.4 Å². The normalized spacial score (nSPS) is 16.4. The molecule has 4 rings (SSSR count). The molecule has 2 aliphatic heterocycles. The maximum absolute atomic E-state index is 10.9. The molecule has 0 unspecified atom stereocenters. The molecule has 49 heavy (non-hydrogen) atoms. The van der Waals surface area contributed by atoms with Crippen molar-refractivity contribution in [1.82, 2.24) is 0 Å². The summed E-state index contributed by atoms with van der Waals surface area (Å²) in [5.74, 6) is -0.306. The van der Waals surface area contributed by atoms with Crippen LogP contribution in [0.15, 0.2) is 77.6 Å². The topological polar surface area (TPSA) is 118 Å². The molecule has 0 saturated heterocycles. The molecular weight excluding hydrogens is 646 g/mol. The van der Waals surface area contributed by atoms with Gasteiger partial charge in [0.25, 0.3) is 0 Å². The molecule has 0 spiro atoms. The van der Waals surface area contributed by atoms with Crippen molar-refractivity contribution in [2.24, 2.45) is 5.11 Å². The van der Waals surface area contributed by atoms with Gasteiger partial charge in [0.2, 0.25) is 5.69 Å². The first-order valence-corrected chi connectivity index (χ1v) is 16.6. The second-order valence-electron chi connectivity index (χ2n) is 12.6. The summed E-state index contributed by atoms with van der Waals surface area (Å²) < 4.78 is 30.1. The van der Waals surface area contributed by atoms with Crippen molar-refractivity contribution in [2.75, 3.05) is 84.0 Å². The minimum absolute atomic E-state index is 0. The van der Waals surface area contributed by atoms with Gasteiger partial charge in [-0.2, -0.15) is 4.58 Å². The highest BCUT2D eigenvalue weighted by molar-refractivity contribution is 6.03. The summed E-state index contributed by atoms with van der Waals surface area (Å²) in [5, 5.41) is 3.48. The van der Waals surface area contributed by atoms with Gasteiger partial charge in [-0.3, -0.25) is 4.79 Å². The van der Waals surface area contributed by atoms with Crippen molar-refractivity contribution in [3.63, 3.8) is 0 Å². The number of hydrogen-bond acceptors (Lipinski definition) is 8. The van der Waals surface area contributed by atoms with E-state index < -0.39 is 0 Å². The molecule has 0 N–H and O–H groups in total. The van der Waals surface area contributed by atoms with E-state index in [1.165, 1.54) is 40.8 Å². The number of benzene rings is 2. The Labute approximate surface area is 296 Å². The Kier molecular flexibility index (Phi) is 15.8. The number of nitrogens with zero attached hydrogens (tertiary/aromatic N) is 5. The van der Waals surface area contributed by atoms with E-state index in [9.17, 15) is 4.79 Å². The highest BCUT2D eigenvalue weighted by Crippen LogP contribution is 2.47. The van der Waals surface area contributed by atoms with Gasteiger partial charge in [-0.05, 0) is 37.1 Å². The molecule has 2 aromatic carbocycles. The predicted molar refractivity (Wildman–Crippen MR) is 187 cm³/mol. The lowest BCUT2D eigenvalue weighted by Gasteiger charge is -2.27. The Bertz CT molecular complexity index is 1530. The van der Waals surface area contributed by atoms with Crippen LogP contribution in [0.1, 0.15) is 45.7 Å². The number of anilines is 1. The lowest BCUT2D eigenvalue weighted by molar-refractivity contribution is -0.442. The van der Waals surface area contributed by atoms with E-state index in [0.717, 1.165) is 0 Å². The summed E-state index contributed by atoms with van der Waals surface area (Å²) in [6.07, 6.45) is 6.67. The fraction of sp³-hybridized carbons (Fsp3) is 0.514. The molecule has 11 nitrogen and oxygen atoms in total. The molecular formula is C37H50ClN5O6. The largest absolute Gasteiger partial charge is 1.00 e. The number of carbonyl (C=O) groups is 1. The van der Waals surface area contributed by atoms with Gasteiger partial charge in [0, 0.05) is 59.4 Å². The van der Waals surface area contributed by atoms with Gasteiger partial charge in [0.15, 0.2) is 12.3 Å². The fourth-order valence-corrected chi connectivity index (χ4v) is 6.34. The van der Waals surface area contributed by atoms with Crippen molar-refractivity contribution in [3.05, 3.63) is 94.0 Å². The van der Waals surface area contributed by atoms with Crippen LogP contribution in [0.25, 0.3) is 10.4 Å². The Morgan fingerprint density at radius 3 is 2.16 bits per heavy atom.